The Hall–Kier alpha value is -2.81. The third kappa shape index (κ3) is 3.04. The van der Waals surface area contributed by atoms with E-state index in [1.165, 1.54) is 18.3 Å². The Balaban J connectivity index is 2.01. The van der Waals surface area contributed by atoms with Crippen molar-refractivity contribution in [3.8, 4) is 5.69 Å². The molecular formula is C14H12N6O2S. The third-order valence-electron chi connectivity index (χ3n) is 3.16. The largest absolute Gasteiger partial charge is 0.301 e. The Morgan fingerprint density at radius 1 is 1.26 bits per heavy atom. The number of aryl methyl sites for hydroxylation is 2. The molecule has 1 aromatic carbocycles. The number of aromatic nitrogens is 5. The van der Waals surface area contributed by atoms with Crippen molar-refractivity contribution in [3.63, 3.8) is 0 Å². The van der Waals surface area contributed by atoms with Crippen LogP contribution >= 0.6 is 11.8 Å². The molecule has 0 N–H and O–H groups in total. The number of pyridine rings is 1. The van der Waals surface area contributed by atoms with Crippen molar-refractivity contribution in [2.75, 3.05) is 0 Å². The second-order valence-electron chi connectivity index (χ2n) is 4.85. The van der Waals surface area contributed by atoms with Gasteiger partial charge in [0, 0.05) is 12.3 Å². The van der Waals surface area contributed by atoms with Gasteiger partial charge in [0.2, 0.25) is 5.16 Å². The second kappa shape index (κ2) is 6.13. The fourth-order valence-electron chi connectivity index (χ4n) is 2.12. The fourth-order valence-corrected chi connectivity index (χ4v) is 2.96. The topological polar surface area (TPSA) is 99.6 Å². The monoisotopic (exact) mass is 328 g/mol. The number of benzene rings is 1. The van der Waals surface area contributed by atoms with Gasteiger partial charge in [-0.1, -0.05) is 17.7 Å². The summed E-state index contributed by atoms with van der Waals surface area (Å²) < 4.78 is 1.55. The second-order valence-corrected chi connectivity index (χ2v) is 5.81. The van der Waals surface area contributed by atoms with E-state index in [0.717, 1.165) is 28.6 Å². The van der Waals surface area contributed by atoms with Gasteiger partial charge >= 0.3 is 5.69 Å². The van der Waals surface area contributed by atoms with Gasteiger partial charge in [-0.05, 0) is 53.7 Å². The summed E-state index contributed by atoms with van der Waals surface area (Å²) in [7, 11) is 0. The maximum Gasteiger partial charge on any atom is 0.301 e. The molecule has 0 unspecified atom stereocenters. The van der Waals surface area contributed by atoms with Crippen molar-refractivity contribution in [2.24, 2.45) is 0 Å². The van der Waals surface area contributed by atoms with E-state index in [1.807, 2.05) is 32.0 Å². The van der Waals surface area contributed by atoms with Crippen molar-refractivity contribution < 1.29 is 4.92 Å². The lowest BCUT2D eigenvalue weighted by molar-refractivity contribution is -0.388. The summed E-state index contributed by atoms with van der Waals surface area (Å²) in [4.78, 5) is 14.7. The van der Waals surface area contributed by atoms with Crippen LogP contribution in [0.15, 0.2) is 46.7 Å². The van der Waals surface area contributed by atoms with Crippen molar-refractivity contribution in [2.45, 2.75) is 24.0 Å². The highest BCUT2D eigenvalue weighted by Gasteiger charge is 2.20. The summed E-state index contributed by atoms with van der Waals surface area (Å²) in [5, 5.41) is 23.4. The number of hydrogen-bond acceptors (Lipinski definition) is 7. The zero-order valence-electron chi connectivity index (χ0n) is 12.4. The first-order chi connectivity index (χ1) is 11.1. The molecule has 0 fully saturated rings. The van der Waals surface area contributed by atoms with Gasteiger partial charge in [0.25, 0.3) is 0 Å². The molecule has 0 saturated heterocycles. The highest BCUT2D eigenvalue weighted by molar-refractivity contribution is 7.99. The van der Waals surface area contributed by atoms with E-state index in [0.29, 0.717) is 5.16 Å². The van der Waals surface area contributed by atoms with Crippen LogP contribution in [0.2, 0.25) is 0 Å². The maximum absolute atomic E-state index is 11.1. The van der Waals surface area contributed by atoms with E-state index in [4.69, 9.17) is 0 Å². The van der Waals surface area contributed by atoms with E-state index in [-0.39, 0.29) is 10.7 Å². The molecule has 116 valence electrons. The zero-order valence-corrected chi connectivity index (χ0v) is 13.2. The van der Waals surface area contributed by atoms with E-state index in [9.17, 15) is 10.1 Å². The van der Waals surface area contributed by atoms with Crippen molar-refractivity contribution in [3.05, 3.63) is 57.8 Å². The van der Waals surface area contributed by atoms with E-state index in [1.54, 1.807) is 4.68 Å². The van der Waals surface area contributed by atoms with Crippen LogP contribution in [0.5, 0.6) is 0 Å². The minimum atomic E-state index is -0.472. The molecule has 3 rings (SSSR count). The molecule has 0 amide bonds. The summed E-state index contributed by atoms with van der Waals surface area (Å²) in [6, 6.07) is 8.82. The summed E-state index contributed by atoms with van der Waals surface area (Å²) in [5.41, 5.74) is 2.89. The Morgan fingerprint density at radius 2 is 2.09 bits per heavy atom. The van der Waals surface area contributed by atoms with Crippen LogP contribution in [0.3, 0.4) is 0 Å². The lowest BCUT2D eigenvalue weighted by Gasteiger charge is -2.08. The molecule has 0 atom stereocenters. The summed E-state index contributed by atoms with van der Waals surface area (Å²) in [5.74, 6) is 0. The van der Waals surface area contributed by atoms with Crippen LogP contribution in [0.25, 0.3) is 5.69 Å². The van der Waals surface area contributed by atoms with Gasteiger partial charge in [-0.25, -0.2) is 4.98 Å². The highest BCUT2D eigenvalue weighted by Crippen LogP contribution is 2.32. The molecule has 0 saturated carbocycles. The molecule has 9 heteroatoms. The van der Waals surface area contributed by atoms with Gasteiger partial charge in [-0.2, -0.15) is 4.68 Å². The standard InChI is InChI=1S/C14H12N6O2S/c1-9-5-6-11(10(2)8-9)19-14(16-17-18-19)23-13-12(20(21)22)4-3-7-15-13/h3-8H,1-2H3. The van der Waals surface area contributed by atoms with Crippen molar-refractivity contribution >= 4 is 17.4 Å². The van der Waals surface area contributed by atoms with E-state index in [2.05, 4.69) is 20.5 Å². The van der Waals surface area contributed by atoms with Crippen LogP contribution in [-0.2, 0) is 0 Å². The van der Waals surface area contributed by atoms with Gasteiger partial charge < -0.3 is 0 Å². The minimum absolute atomic E-state index is 0.0762. The molecule has 0 bridgehead atoms. The predicted molar refractivity (Wildman–Crippen MR) is 83.6 cm³/mol. The molecule has 0 aliphatic carbocycles. The Labute approximate surface area is 135 Å². The van der Waals surface area contributed by atoms with Gasteiger partial charge in [0.15, 0.2) is 5.03 Å². The van der Waals surface area contributed by atoms with Crippen LogP contribution < -0.4 is 0 Å². The van der Waals surface area contributed by atoms with Gasteiger partial charge in [0.1, 0.15) is 0 Å². The smallest absolute Gasteiger partial charge is 0.258 e. The summed E-state index contributed by atoms with van der Waals surface area (Å²) in [6.07, 6.45) is 1.50. The number of hydrogen-bond donors (Lipinski definition) is 0. The average molecular weight is 328 g/mol. The molecule has 3 aromatic rings. The molecule has 2 aromatic heterocycles. The molecule has 2 heterocycles. The lowest BCUT2D eigenvalue weighted by Crippen LogP contribution is -2.02. The first-order valence-corrected chi connectivity index (χ1v) is 7.51. The number of rotatable bonds is 4. The Morgan fingerprint density at radius 3 is 2.83 bits per heavy atom. The fraction of sp³-hybridized carbons (Fsp3) is 0.143. The lowest BCUT2D eigenvalue weighted by atomic mass is 10.1. The third-order valence-corrected chi connectivity index (χ3v) is 4.10. The minimum Gasteiger partial charge on any atom is -0.258 e. The van der Waals surface area contributed by atoms with Crippen LogP contribution in [0, 0.1) is 24.0 Å². The highest BCUT2D eigenvalue weighted by atomic mass is 32.2. The van der Waals surface area contributed by atoms with Gasteiger partial charge in [0.05, 0.1) is 10.6 Å². The van der Waals surface area contributed by atoms with E-state index >= 15 is 0 Å². The maximum atomic E-state index is 11.1. The molecule has 8 nitrogen and oxygen atoms in total. The van der Waals surface area contributed by atoms with Crippen molar-refractivity contribution in [1.82, 2.24) is 25.2 Å². The first kappa shape index (κ1) is 15.1. The number of tetrazole rings is 1. The molecule has 23 heavy (non-hydrogen) atoms. The first-order valence-electron chi connectivity index (χ1n) is 6.69. The van der Waals surface area contributed by atoms with Gasteiger partial charge in [-0.3, -0.25) is 10.1 Å². The molecule has 0 radical (unpaired) electrons. The normalized spacial score (nSPS) is 10.7. The molecular weight excluding hydrogens is 316 g/mol. The van der Waals surface area contributed by atoms with Crippen molar-refractivity contribution in [1.29, 1.82) is 0 Å². The molecule has 0 aliphatic heterocycles. The molecule has 0 aliphatic rings. The summed E-state index contributed by atoms with van der Waals surface area (Å²) >= 11 is 1.06. The van der Waals surface area contributed by atoms with Crippen LogP contribution in [0.1, 0.15) is 11.1 Å². The van der Waals surface area contributed by atoms with Crippen LogP contribution in [0.4, 0.5) is 5.69 Å². The van der Waals surface area contributed by atoms with E-state index < -0.39 is 4.92 Å². The SMILES string of the molecule is Cc1ccc(-n2nnnc2Sc2ncccc2[N+](=O)[O-])c(C)c1. The predicted octanol–water partition coefficient (Wildman–Crippen LogP) is 2.73. The Kier molecular flexibility index (Phi) is 4.02. The van der Waals surface area contributed by atoms with Gasteiger partial charge in [-0.15, -0.1) is 5.10 Å². The average Bonchev–Trinajstić information content (AvgIpc) is 2.95. The zero-order chi connectivity index (χ0) is 16.4. The summed E-state index contributed by atoms with van der Waals surface area (Å²) in [6.45, 7) is 3.96. The molecule has 0 spiro atoms. The Bertz CT molecular complexity index is 879. The number of nitro groups is 1. The van der Waals surface area contributed by atoms with Crippen LogP contribution in [-0.4, -0.2) is 30.1 Å². The number of nitrogens with zero attached hydrogens (tertiary/aromatic N) is 6. The quantitative estimate of drug-likeness (QED) is 0.536.